The minimum atomic E-state index is -0.560. The van der Waals surface area contributed by atoms with Gasteiger partial charge in [-0.25, -0.2) is 0 Å². The van der Waals surface area contributed by atoms with Gasteiger partial charge < -0.3 is 25.0 Å². The van der Waals surface area contributed by atoms with Gasteiger partial charge in [0, 0.05) is 25.6 Å². The van der Waals surface area contributed by atoms with Crippen LogP contribution in [0.4, 0.5) is 11.4 Å². The van der Waals surface area contributed by atoms with Gasteiger partial charge in [0.25, 0.3) is 5.91 Å². The van der Waals surface area contributed by atoms with Gasteiger partial charge in [-0.15, -0.1) is 0 Å². The summed E-state index contributed by atoms with van der Waals surface area (Å²) in [5.74, 6) is -0.191. The fourth-order valence-electron chi connectivity index (χ4n) is 3.48. The van der Waals surface area contributed by atoms with Crippen molar-refractivity contribution in [3.05, 3.63) is 48.0 Å². The number of carbonyl (C=O) groups excluding carboxylic acids is 3. The number of ether oxygens (including phenoxy) is 2. The smallest absolute Gasteiger partial charge is 0.253 e. The van der Waals surface area contributed by atoms with E-state index >= 15 is 0 Å². The van der Waals surface area contributed by atoms with E-state index in [0.29, 0.717) is 35.0 Å². The van der Waals surface area contributed by atoms with Crippen molar-refractivity contribution in [3.63, 3.8) is 0 Å². The van der Waals surface area contributed by atoms with Gasteiger partial charge >= 0.3 is 0 Å². The Morgan fingerprint density at radius 1 is 1.13 bits per heavy atom. The number of hydrogen-bond acceptors (Lipinski definition) is 5. The number of nitrogens with zero attached hydrogens (tertiary/aromatic N) is 1. The number of anilines is 2. The van der Waals surface area contributed by atoms with Crippen LogP contribution < -0.4 is 25.0 Å². The van der Waals surface area contributed by atoms with E-state index in [-0.39, 0.29) is 30.7 Å². The van der Waals surface area contributed by atoms with Crippen molar-refractivity contribution in [2.45, 2.75) is 19.8 Å². The molecule has 2 N–H and O–H groups in total. The van der Waals surface area contributed by atoms with Crippen molar-refractivity contribution < 1.29 is 23.9 Å². The molecule has 0 saturated carbocycles. The van der Waals surface area contributed by atoms with Gasteiger partial charge in [0.2, 0.25) is 11.8 Å². The molecule has 0 aromatic heterocycles. The Bertz CT molecular complexity index is 975. The molecule has 0 unspecified atom stereocenters. The molecule has 8 heteroatoms. The number of hydrogen-bond donors (Lipinski definition) is 2. The molecule has 1 atom stereocenters. The van der Waals surface area contributed by atoms with Gasteiger partial charge in [-0.1, -0.05) is 19.1 Å². The first kappa shape index (κ1) is 22.1. The van der Waals surface area contributed by atoms with E-state index in [1.165, 1.54) is 12.0 Å². The second kappa shape index (κ2) is 9.97. The molecule has 1 aliphatic rings. The topological polar surface area (TPSA) is 97.0 Å². The highest BCUT2D eigenvalue weighted by molar-refractivity contribution is 6.07. The summed E-state index contributed by atoms with van der Waals surface area (Å²) in [4.78, 5) is 39.5. The molecule has 1 aliphatic heterocycles. The third-order valence-electron chi connectivity index (χ3n) is 5.14. The van der Waals surface area contributed by atoms with E-state index < -0.39 is 5.92 Å². The second-order valence-electron chi connectivity index (χ2n) is 7.23. The van der Waals surface area contributed by atoms with E-state index in [0.717, 1.165) is 6.42 Å². The second-order valence-corrected chi connectivity index (χ2v) is 7.23. The maximum Gasteiger partial charge on any atom is 0.253 e. The van der Waals surface area contributed by atoms with Crippen LogP contribution in [0.2, 0.25) is 0 Å². The van der Waals surface area contributed by atoms with Crippen molar-refractivity contribution >= 4 is 29.1 Å². The molecule has 1 saturated heterocycles. The average molecular weight is 425 g/mol. The van der Waals surface area contributed by atoms with Crippen LogP contribution in [-0.4, -0.2) is 45.0 Å². The van der Waals surface area contributed by atoms with Crippen LogP contribution in [0.25, 0.3) is 0 Å². The standard InChI is InChI=1S/C23H27N3O5/c1-4-11-24-23(29)17-7-5-6-8-18(17)25-22(28)15-12-21(27)26(14-15)19-13-16(30-2)9-10-20(19)31-3/h5-10,13,15H,4,11-12,14H2,1-3H3,(H,24,29)(H,25,28)/t15-/m0/s1. The highest BCUT2D eigenvalue weighted by atomic mass is 16.5. The number of methoxy groups -OCH3 is 2. The summed E-state index contributed by atoms with van der Waals surface area (Å²) in [7, 11) is 3.07. The summed E-state index contributed by atoms with van der Waals surface area (Å²) in [6, 6.07) is 12.0. The number of benzene rings is 2. The maximum atomic E-state index is 12.9. The van der Waals surface area contributed by atoms with Crippen LogP contribution in [-0.2, 0) is 9.59 Å². The van der Waals surface area contributed by atoms with Crippen LogP contribution in [0, 0.1) is 5.92 Å². The molecule has 164 valence electrons. The molecule has 2 aromatic rings. The minimum Gasteiger partial charge on any atom is -0.497 e. The number of carbonyl (C=O) groups is 3. The molecule has 0 bridgehead atoms. The summed E-state index contributed by atoms with van der Waals surface area (Å²) in [5, 5.41) is 5.63. The highest BCUT2D eigenvalue weighted by Gasteiger charge is 2.36. The zero-order valence-electron chi connectivity index (χ0n) is 17.9. The van der Waals surface area contributed by atoms with Gasteiger partial charge in [-0.05, 0) is 30.7 Å². The normalized spacial score (nSPS) is 15.5. The number of amides is 3. The lowest BCUT2D eigenvalue weighted by molar-refractivity contribution is -0.122. The Balaban J connectivity index is 1.76. The van der Waals surface area contributed by atoms with Gasteiger partial charge in [0.1, 0.15) is 11.5 Å². The quantitative estimate of drug-likeness (QED) is 0.678. The lowest BCUT2D eigenvalue weighted by atomic mass is 10.1. The summed E-state index contributed by atoms with van der Waals surface area (Å²) < 4.78 is 10.6. The van der Waals surface area contributed by atoms with Crippen LogP contribution in [0.5, 0.6) is 11.5 Å². The van der Waals surface area contributed by atoms with Crippen LogP contribution in [0.15, 0.2) is 42.5 Å². The molecule has 3 rings (SSSR count). The molecular formula is C23H27N3O5. The van der Waals surface area contributed by atoms with Gasteiger partial charge in [0.15, 0.2) is 0 Å². The molecule has 0 spiro atoms. The van der Waals surface area contributed by atoms with Crippen LogP contribution >= 0.6 is 0 Å². The van der Waals surface area contributed by atoms with Crippen molar-refractivity contribution in [3.8, 4) is 11.5 Å². The number of nitrogens with one attached hydrogen (secondary N) is 2. The number of rotatable bonds is 8. The zero-order valence-corrected chi connectivity index (χ0v) is 17.9. The van der Waals surface area contributed by atoms with E-state index in [9.17, 15) is 14.4 Å². The molecule has 1 fully saturated rings. The molecule has 0 radical (unpaired) electrons. The minimum absolute atomic E-state index is 0.0659. The largest absolute Gasteiger partial charge is 0.497 e. The van der Waals surface area contributed by atoms with Crippen molar-refractivity contribution in [1.82, 2.24) is 5.32 Å². The first-order valence-corrected chi connectivity index (χ1v) is 10.2. The average Bonchev–Trinajstić information content (AvgIpc) is 3.18. The lowest BCUT2D eigenvalue weighted by Crippen LogP contribution is -2.30. The molecule has 3 amide bonds. The van der Waals surface area contributed by atoms with Crippen molar-refractivity contribution in [2.75, 3.05) is 37.5 Å². The maximum absolute atomic E-state index is 12.9. The van der Waals surface area contributed by atoms with Crippen molar-refractivity contribution in [2.24, 2.45) is 5.92 Å². The lowest BCUT2D eigenvalue weighted by Gasteiger charge is -2.20. The molecular weight excluding hydrogens is 398 g/mol. The highest BCUT2D eigenvalue weighted by Crippen LogP contribution is 2.36. The molecule has 1 heterocycles. The Morgan fingerprint density at radius 3 is 2.61 bits per heavy atom. The fourth-order valence-corrected chi connectivity index (χ4v) is 3.48. The third-order valence-corrected chi connectivity index (χ3v) is 5.14. The Hall–Kier alpha value is -3.55. The summed E-state index contributed by atoms with van der Waals surface area (Å²) >= 11 is 0. The van der Waals surface area contributed by atoms with Gasteiger partial charge in [-0.3, -0.25) is 14.4 Å². The molecule has 0 aliphatic carbocycles. The molecule has 31 heavy (non-hydrogen) atoms. The van der Waals surface area contributed by atoms with Gasteiger partial charge in [0.05, 0.1) is 37.1 Å². The Morgan fingerprint density at radius 2 is 1.90 bits per heavy atom. The van der Waals surface area contributed by atoms with E-state index in [2.05, 4.69) is 10.6 Å². The zero-order chi connectivity index (χ0) is 22.4. The predicted octanol–water partition coefficient (Wildman–Crippen LogP) is 2.84. The fraction of sp³-hybridized carbons (Fsp3) is 0.348. The van der Waals surface area contributed by atoms with E-state index in [1.807, 2.05) is 6.92 Å². The Kier molecular flexibility index (Phi) is 7.12. The summed E-state index contributed by atoms with van der Waals surface area (Å²) in [6.07, 6.45) is 0.879. The first-order valence-electron chi connectivity index (χ1n) is 10.2. The first-order chi connectivity index (χ1) is 15.0. The Labute approximate surface area is 181 Å². The SMILES string of the molecule is CCCNC(=O)c1ccccc1NC(=O)[C@H]1CC(=O)N(c2cc(OC)ccc2OC)C1. The van der Waals surface area contributed by atoms with Crippen molar-refractivity contribution in [1.29, 1.82) is 0 Å². The summed E-state index contributed by atoms with van der Waals surface area (Å²) in [5.41, 5.74) is 1.37. The van der Waals surface area contributed by atoms with Gasteiger partial charge in [-0.2, -0.15) is 0 Å². The van der Waals surface area contributed by atoms with E-state index in [4.69, 9.17) is 9.47 Å². The monoisotopic (exact) mass is 425 g/mol. The third kappa shape index (κ3) is 4.96. The molecule has 8 nitrogen and oxygen atoms in total. The van der Waals surface area contributed by atoms with Crippen LogP contribution in [0.1, 0.15) is 30.1 Å². The van der Waals surface area contributed by atoms with Crippen LogP contribution in [0.3, 0.4) is 0 Å². The van der Waals surface area contributed by atoms with E-state index in [1.54, 1.807) is 49.6 Å². The predicted molar refractivity (Wildman–Crippen MR) is 118 cm³/mol. The number of para-hydroxylation sites is 1. The molecule has 2 aromatic carbocycles. The summed E-state index contributed by atoms with van der Waals surface area (Å²) in [6.45, 7) is 2.72.